The van der Waals surface area contributed by atoms with E-state index in [0.717, 1.165) is 19.3 Å². The Hall–Kier alpha value is -2.81. The van der Waals surface area contributed by atoms with Crippen LogP contribution < -0.4 is 5.32 Å². The van der Waals surface area contributed by atoms with Gasteiger partial charge in [-0.05, 0) is 30.4 Å². The first kappa shape index (κ1) is 14.8. The highest BCUT2D eigenvalue weighted by Crippen LogP contribution is 2.34. The number of hydrogen-bond donors (Lipinski definition) is 1. The third kappa shape index (κ3) is 2.62. The number of carbonyl (C=O) groups excluding carboxylic acids is 1. The zero-order valence-electron chi connectivity index (χ0n) is 13.4. The van der Waals surface area contributed by atoms with Gasteiger partial charge in [0.25, 0.3) is 0 Å². The number of aromatic nitrogens is 2. The fraction of sp³-hybridized carbons (Fsp3) is 0.389. The first-order chi connectivity index (χ1) is 11.7. The summed E-state index contributed by atoms with van der Waals surface area (Å²) >= 11 is 0. The van der Waals surface area contributed by atoms with Crippen molar-refractivity contribution >= 4 is 11.7 Å². The topological polar surface area (TPSA) is 74.0 Å². The van der Waals surface area contributed by atoms with Gasteiger partial charge in [-0.15, -0.1) is 0 Å². The molecule has 0 saturated carbocycles. The van der Waals surface area contributed by atoms with E-state index in [1.54, 1.807) is 11.2 Å². The van der Waals surface area contributed by atoms with Gasteiger partial charge in [-0.1, -0.05) is 24.3 Å². The number of anilines is 1. The van der Waals surface area contributed by atoms with Crippen molar-refractivity contribution in [2.45, 2.75) is 25.3 Å². The molecule has 24 heavy (non-hydrogen) atoms. The molecule has 1 amide bonds. The largest absolute Gasteiger partial charge is 0.328 e. The molecule has 2 aromatic rings. The van der Waals surface area contributed by atoms with Gasteiger partial charge in [-0.25, -0.2) is 4.98 Å². The number of likely N-dealkylation sites (tertiary alicyclic amines) is 1. The van der Waals surface area contributed by atoms with Crippen LogP contribution in [0.25, 0.3) is 0 Å². The maximum absolute atomic E-state index is 12.3. The monoisotopic (exact) mass is 321 g/mol. The van der Waals surface area contributed by atoms with Crippen LogP contribution in [0.3, 0.4) is 0 Å². The highest BCUT2D eigenvalue weighted by molar-refractivity contribution is 5.92. The van der Waals surface area contributed by atoms with Crippen molar-refractivity contribution in [2.24, 2.45) is 5.92 Å². The van der Waals surface area contributed by atoms with Crippen molar-refractivity contribution in [3.63, 3.8) is 0 Å². The van der Waals surface area contributed by atoms with Crippen molar-refractivity contribution in [2.75, 3.05) is 18.4 Å². The van der Waals surface area contributed by atoms with E-state index >= 15 is 0 Å². The molecule has 1 fully saturated rings. The van der Waals surface area contributed by atoms with Crippen molar-refractivity contribution in [1.82, 2.24) is 14.5 Å². The van der Waals surface area contributed by atoms with E-state index in [9.17, 15) is 4.79 Å². The van der Waals surface area contributed by atoms with E-state index in [-0.39, 0.29) is 11.8 Å². The highest BCUT2D eigenvalue weighted by Gasteiger charge is 2.28. The number of carbonyl (C=O) groups is 1. The molecule has 2 heterocycles. The van der Waals surface area contributed by atoms with Crippen molar-refractivity contribution < 1.29 is 4.79 Å². The number of nitrogens with zero attached hydrogens (tertiary/aromatic N) is 4. The highest BCUT2D eigenvalue weighted by atomic mass is 16.2. The van der Waals surface area contributed by atoms with Gasteiger partial charge in [0.05, 0.1) is 18.3 Å². The number of nitriles is 1. The van der Waals surface area contributed by atoms with Crippen LogP contribution in [0.2, 0.25) is 0 Å². The van der Waals surface area contributed by atoms with Gasteiger partial charge in [0, 0.05) is 19.3 Å². The number of benzene rings is 1. The summed E-state index contributed by atoms with van der Waals surface area (Å²) in [6.45, 7) is 1.15. The number of amides is 1. The average molecular weight is 321 g/mol. The zero-order chi connectivity index (χ0) is 16.5. The molecule has 1 N–H and O–H groups in total. The van der Waals surface area contributed by atoms with Crippen LogP contribution in [-0.2, 0) is 11.2 Å². The maximum atomic E-state index is 12.3. The van der Waals surface area contributed by atoms with Gasteiger partial charge < -0.3 is 14.8 Å². The molecule has 122 valence electrons. The standard InChI is InChI=1S/C18H19N5O/c19-11-22-8-7-14(9-22)18(24)21-17-10-23(12-20-17)16-6-5-13-3-1-2-4-15(13)16/h1-4,10,12,14,16H,5-9H2,(H,21,24)/t14-,16?/m0/s1. The fourth-order valence-electron chi connectivity index (χ4n) is 3.71. The van der Waals surface area contributed by atoms with E-state index in [2.05, 4.69) is 45.3 Å². The molecule has 1 saturated heterocycles. The quantitative estimate of drug-likeness (QED) is 0.879. The van der Waals surface area contributed by atoms with Crippen molar-refractivity contribution in [3.05, 3.63) is 47.9 Å². The van der Waals surface area contributed by atoms with Crippen LogP contribution >= 0.6 is 0 Å². The normalized spacial score (nSPS) is 22.2. The number of rotatable bonds is 3. The summed E-state index contributed by atoms with van der Waals surface area (Å²) in [5.74, 6) is 0.395. The van der Waals surface area contributed by atoms with E-state index in [1.807, 2.05) is 6.20 Å². The lowest BCUT2D eigenvalue weighted by Gasteiger charge is -2.13. The summed E-state index contributed by atoms with van der Waals surface area (Å²) in [6, 6.07) is 8.78. The molecule has 0 radical (unpaired) electrons. The Morgan fingerprint density at radius 1 is 1.33 bits per heavy atom. The molecule has 1 aliphatic carbocycles. The maximum Gasteiger partial charge on any atom is 0.230 e. The number of hydrogen-bond acceptors (Lipinski definition) is 4. The van der Waals surface area contributed by atoms with Gasteiger partial charge in [-0.2, -0.15) is 5.26 Å². The molecule has 0 bridgehead atoms. The third-order valence-corrected chi connectivity index (χ3v) is 5.01. The van der Waals surface area contributed by atoms with Crippen LogP contribution in [0, 0.1) is 17.4 Å². The van der Waals surface area contributed by atoms with Gasteiger partial charge >= 0.3 is 0 Å². The number of aryl methyl sites for hydroxylation is 1. The fourth-order valence-corrected chi connectivity index (χ4v) is 3.71. The summed E-state index contributed by atoms with van der Waals surface area (Å²) in [5.41, 5.74) is 2.73. The van der Waals surface area contributed by atoms with Gasteiger partial charge in [0.1, 0.15) is 0 Å². The minimum atomic E-state index is -0.137. The Labute approximate surface area is 140 Å². The van der Waals surface area contributed by atoms with E-state index in [0.29, 0.717) is 24.9 Å². The Kier molecular flexibility index (Phi) is 3.69. The molecule has 0 spiro atoms. The summed E-state index contributed by atoms with van der Waals surface area (Å²) in [6.07, 6.45) is 8.64. The molecular weight excluding hydrogens is 302 g/mol. The predicted octanol–water partition coefficient (Wildman–Crippen LogP) is 2.16. The Balaban J connectivity index is 1.45. The van der Waals surface area contributed by atoms with Crippen LogP contribution in [0.4, 0.5) is 5.82 Å². The SMILES string of the molecule is N#CN1CC[C@H](C(=O)Nc2cn(C3CCc4ccccc43)cn2)C1. The van der Waals surface area contributed by atoms with Gasteiger partial charge in [-0.3, -0.25) is 4.79 Å². The van der Waals surface area contributed by atoms with E-state index in [4.69, 9.17) is 5.26 Å². The number of fused-ring (bicyclic) bond motifs is 1. The molecule has 2 atom stereocenters. The molecule has 4 rings (SSSR count). The average Bonchev–Trinajstić information content (AvgIpc) is 3.33. The second kappa shape index (κ2) is 6.00. The van der Waals surface area contributed by atoms with Gasteiger partial charge in [0.15, 0.2) is 12.0 Å². The molecule has 1 aromatic heterocycles. The van der Waals surface area contributed by atoms with Crippen molar-refractivity contribution in [1.29, 1.82) is 5.26 Å². The molecule has 1 aliphatic heterocycles. The summed E-state index contributed by atoms with van der Waals surface area (Å²) in [7, 11) is 0. The van der Waals surface area contributed by atoms with Crippen LogP contribution in [-0.4, -0.2) is 33.4 Å². The zero-order valence-corrected chi connectivity index (χ0v) is 13.4. The summed E-state index contributed by atoms with van der Waals surface area (Å²) in [5, 5.41) is 11.8. The van der Waals surface area contributed by atoms with Crippen LogP contribution in [0.1, 0.15) is 30.0 Å². The molecule has 6 nitrogen and oxygen atoms in total. The smallest absolute Gasteiger partial charge is 0.230 e. The molecular formula is C18H19N5O. The second-order valence-electron chi connectivity index (χ2n) is 6.48. The Morgan fingerprint density at radius 2 is 2.21 bits per heavy atom. The molecule has 2 aliphatic rings. The van der Waals surface area contributed by atoms with Crippen LogP contribution in [0.15, 0.2) is 36.8 Å². The summed E-state index contributed by atoms with van der Waals surface area (Å²) < 4.78 is 2.08. The minimum Gasteiger partial charge on any atom is -0.328 e. The van der Waals surface area contributed by atoms with E-state index < -0.39 is 0 Å². The lowest BCUT2D eigenvalue weighted by Crippen LogP contribution is -2.25. The second-order valence-corrected chi connectivity index (χ2v) is 6.48. The lowest BCUT2D eigenvalue weighted by atomic mass is 10.1. The molecule has 6 heteroatoms. The Morgan fingerprint density at radius 3 is 3.04 bits per heavy atom. The molecule has 1 unspecified atom stereocenters. The number of imidazole rings is 1. The first-order valence-electron chi connectivity index (χ1n) is 8.31. The van der Waals surface area contributed by atoms with Gasteiger partial charge in [0.2, 0.25) is 5.91 Å². The van der Waals surface area contributed by atoms with Crippen LogP contribution in [0.5, 0.6) is 0 Å². The molecule has 1 aromatic carbocycles. The third-order valence-electron chi connectivity index (χ3n) is 5.01. The Bertz CT molecular complexity index is 806. The first-order valence-corrected chi connectivity index (χ1v) is 8.31. The summed E-state index contributed by atoms with van der Waals surface area (Å²) in [4.78, 5) is 18.3. The van der Waals surface area contributed by atoms with E-state index in [1.165, 1.54) is 11.1 Å². The lowest BCUT2D eigenvalue weighted by molar-refractivity contribution is -0.119. The van der Waals surface area contributed by atoms with Crippen molar-refractivity contribution in [3.8, 4) is 6.19 Å². The minimum absolute atomic E-state index is 0.0511. The number of nitrogens with one attached hydrogen (secondary N) is 1. The predicted molar refractivity (Wildman–Crippen MR) is 89.1 cm³/mol.